The monoisotopic (exact) mass is 480 g/mol. The molecule has 3 aromatic rings. The molecule has 2 aromatic heterocycles. The van der Waals surface area contributed by atoms with E-state index in [9.17, 15) is 9.59 Å². The van der Waals surface area contributed by atoms with Gasteiger partial charge in [-0.1, -0.05) is 45.9 Å². The lowest BCUT2D eigenvalue weighted by atomic mass is 10.2. The molecule has 0 radical (unpaired) electrons. The van der Waals surface area contributed by atoms with Gasteiger partial charge < -0.3 is 4.74 Å². The maximum atomic E-state index is 12.0. The molecule has 1 aromatic carbocycles. The molecule has 3 rings (SSSR count). The maximum Gasteiger partial charge on any atom is 0.426 e. The summed E-state index contributed by atoms with van der Waals surface area (Å²) in [6.45, 7) is 2.19. The molecule has 0 aliphatic carbocycles. The van der Waals surface area contributed by atoms with Gasteiger partial charge in [-0.2, -0.15) is 0 Å². The molecule has 146 valence electrons. The Labute approximate surface area is 178 Å². The number of halogens is 1. The van der Waals surface area contributed by atoms with Crippen molar-refractivity contribution in [3.05, 3.63) is 51.6 Å². The summed E-state index contributed by atoms with van der Waals surface area (Å²) >= 11 is 6.28. The third-order valence-corrected chi connectivity index (χ3v) is 6.69. The number of hydrogen-bond donors (Lipinski definition) is 2. The number of aryl methyl sites for hydroxylation is 1. The minimum atomic E-state index is -0.705. The van der Waals surface area contributed by atoms with Crippen LogP contribution in [0.4, 0.5) is 4.79 Å². The SMILES string of the molecule is Cc1csc2c(SCC(=O)NNC(=O)OCCc3ccccc3Br)ncnc12. The molecule has 0 bridgehead atoms. The Hall–Kier alpha value is -2.17. The standard InChI is InChI=1S/C18H17BrN4O3S2/c1-11-8-27-16-15(11)20-10-21-17(16)28-9-14(24)22-23-18(25)26-7-6-12-4-2-3-5-13(12)19/h2-5,8,10H,6-7,9H2,1H3,(H,22,24)(H,23,25). The quantitative estimate of drug-likeness (QED) is 0.316. The molecule has 0 aliphatic heterocycles. The average molecular weight is 481 g/mol. The highest BCUT2D eigenvalue weighted by molar-refractivity contribution is 9.10. The fourth-order valence-corrected chi connectivity index (χ4v) is 4.71. The van der Waals surface area contributed by atoms with Crippen molar-refractivity contribution in [2.45, 2.75) is 18.4 Å². The van der Waals surface area contributed by atoms with Crippen LogP contribution in [0.25, 0.3) is 10.2 Å². The predicted molar refractivity (Wildman–Crippen MR) is 113 cm³/mol. The minimum absolute atomic E-state index is 0.111. The van der Waals surface area contributed by atoms with Gasteiger partial charge in [-0.3, -0.25) is 10.2 Å². The van der Waals surface area contributed by atoms with Crippen LogP contribution in [0.3, 0.4) is 0 Å². The lowest BCUT2D eigenvalue weighted by molar-refractivity contribution is -0.119. The van der Waals surface area contributed by atoms with E-state index in [1.54, 1.807) is 11.3 Å². The molecule has 0 saturated heterocycles. The first-order valence-electron chi connectivity index (χ1n) is 8.31. The van der Waals surface area contributed by atoms with Crippen LogP contribution in [0.2, 0.25) is 0 Å². The number of thioether (sulfide) groups is 1. The number of ether oxygens (including phenoxy) is 1. The van der Waals surface area contributed by atoms with Gasteiger partial charge in [-0.25, -0.2) is 20.2 Å². The number of fused-ring (bicyclic) bond motifs is 1. The van der Waals surface area contributed by atoms with Crippen LogP contribution >= 0.6 is 39.0 Å². The normalized spacial score (nSPS) is 10.6. The molecular formula is C18H17BrN4O3S2. The highest BCUT2D eigenvalue weighted by Gasteiger charge is 2.11. The van der Waals surface area contributed by atoms with Gasteiger partial charge in [0.15, 0.2) is 0 Å². The first kappa shape index (κ1) is 20.6. The van der Waals surface area contributed by atoms with Crippen LogP contribution in [-0.2, 0) is 16.0 Å². The lowest BCUT2D eigenvalue weighted by Crippen LogP contribution is -2.43. The Balaban J connectivity index is 1.39. The van der Waals surface area contributed by atoms with Crippen LogP contribution in [0.15, 0.2) is 45.5 Å². The van der Waals surface area contributed by atoms with E-state index in [2.05, 4.69) is 36.7 Å². The molecule has 0 atom stereocenters. The predicted octanol–water partition coefficient (Wildman–Crippen LogP) is 3.85. The second-order valence-electron chi connectivity index (χ2n) is 5.71. The molecule has 0 spiro atoms. The largest absolute Gasteiger partial charge is 0.448 e. The Morgan fingerprint density at radius 2 is 2.07 bits per heavy atom. The summed E-state index contributed by atoms with van der Waals surface area (Å²) < 4.78 is 6.98. The summed E-state index contributed by atoms with van der Waals surface area (Å²) in [5.41, 5.74) is 7.60. The van der Waals surface area contributed by atoms with E-state index in [0.717, 1.165) is 30.8 Å². The number of aromatic nitrogens is 2. The Morgan fingerprint density at radius 1 is 1.25 bits per heavy atom. The number of amides is 2. The second kappa shape index (κ2) is 9.85. The highest BCUT2D eigenvalue weighted by atomic mass is 79.9. The molecular weight excluding hydrogens is 464 g/mol. The van der Waals surface area contributed by atoms with Gasteiger partial charge in [-0.05, 0) is 29.5 Å². The number of rotatable bonds is 6. The van der Waals surface area contributed by atoms with Crippen molar-refractivity contribution in [2.24, 2.45) is 0 Å². The van der Waals surface area contributed by atoms with E-state index in [4.69, 9.17) is 4.74 Å². The fourth-order valence-electron chi connectivity index (χ4n) is 2.33. The third kappa shape index (κ3) is 5.43. The number of thiophene rings is 1. The van der Waals surface area contributed by atoms with Gasteiger partial charge in [0.2, 0.25) is 5.91 Å². The average Bonchev–Trinajstić information content (AvgIpc) is 3.08. The fraction of sp³-hybridized carbons (Fsp3) is 0.222. The van der Waals surface area contributed by atoms with Crippen molar-refractivity contribution in [3.63, 3.8) is 0 Å². The molecule has 10 heteroatoms. The zero-order valence-corrected chi connectivity index (χ0v) is 18.1. The zero-order chi connectivity index (χ0) is 19.9. The molecule has 0 fully saturated rings. The number of nitrogens with zero attached hydrogens (tertiary/aromatic N) is 2. The Bertz CT molecular complexity index is 996. The number of carbonyl (C=O) groups excluding carboxylic acids is 2. The van der Waals surface area contributed by atoms with E-state index in [-0.39, 0.29) is 18.3 Å². The van der Waals surface area contributed by atoms with E-state index < -0.39 is 6.09 Å². The van der Waals surface area contributed by atoms with Crippen molar-refractivity contribution in [3.8, 4) is 0 Å². The molecule has 0 unspecified atom stereocenters. The summed E-state index contributed by atoms with van der Waals surface area (Å²) in [5, 5.41) is 2.75. The summed E-state index contributed by atoms with van der Waals surface area (Å²) in [6.07, 6.45) is 1.36. The number of hydrazine groups is 1. The van der Waals surface area contributed by atoms with Gasteiger partial charge in [0.25, 0.3) is 0 Å². The van der Waals surface area contributed by atoms with Crippen LogP contribution in [0.1, 0.15) is 11.1 Å². The van der Waals surface area contributed by atoms with Crippen molar-refractivity contribution in [1.29, 1.82) is 0 Å². The molecule has 2 amide bonds. The van der Waals surface area contributed by atoms with Crippen molar-refractivity contribution >= 4 is 61.2 Å². The zero-order valence-electron chi connectivity index (χ0n) is 14.9. The molecule has 2 N–H and O–H groups in total. The van der Waals surface area contributed by atoms with E-state index in [1.165, 1.54) is 18.1 Å². The summed E-state index contributed by atoms with van der Waals surface area (Å²) in [4.78, 5) is 32.1. The van der Waals surface area contributed by atoms with Crippen LogP contribution in [0.5, 0.6) is 0 Å². The smallest absolute Gasteiger partial charge is 0.426 e. The van der Waals surface area contributed by atoms with Gasteiger partial charge in [-0.15, -0.1) is 11.3 Å². The van der Waals surface area contributed by atoms with Crippen LogP contribution in [-0.4, -0.2) is 34.3 Å². The molecule has 0 saturated carbocycles. The molecule has 7 nitrogen and oxygen atoms in total. The van der Waals surface area contributed by atoms with Gasteiger partial charge in [0.05, 0.1) is 22.6 Å². The summed E-state index contributed by atoms with van der Waals surface area (Å²) in [6, 6.07) is 7.71. The van der Waals surface area contributed by atoms with E-state index >= 15 is 0 Å². The van der Waals surface area contributed by atoms with Gasteiger partial charge in [0.1, 0.15) is 11.4 Å². The number of carbonyl (C=O) groups is 2. The van der Waals surface area contributed by atoms with Gasteiger partial charge >= 0.3 is 6.09 Å². The topological polar surface area (TPSA) is 93.2 Å². The first-order chi connectivity index (χ1) is 13.5. The van der Waals surface area contributed by atoms with Crippen molar-refractivity contribution in [2.75, 3.05) is 12.4 Å². The molecule has 0 aliphatic rings. The summed E-state index contributed by atoms with van der Waals surface area (Å²) in [7, 11) is 0. The highest BCUT2D eigenvalue weighted by Crippen LogP contribution is 2.31. The Kier molecular flexibility index (Phi) is 7.24. The number of nitrogens with one attached hydrogen (secondary N) is 2. The molecule has 28 heavy (non-hydrogen) atoms. The minimum Gasteiger partial charge on any atom is -0.448 e. The summed E-state index contributed by atoms with van der Waals surface area (Å²) in [5.74, 6) is -0.242. The number of hydrogen-bond acceptors (Lipinski definition) is 7. The van der Waals surface area contributed by atoms with Crippen LogP contribution in [0, 0.1) is 6.92 Å². The van der Waals surface area contributed by atoms with Crippen molar-refractivity contribution < 1.29 is 14.3 Å². The van der Waals surface area contributed by atoms with E-state index in [1.807, 2.05) is 36.6 Å². The van der Waals surface area contributed by atoms with E-state index in [0.29, 0.717) is 6.42 Å². The molecule has 2 heterocycles. The van der Waals surface area contributed by atoms with Crippen LogP contribution < -0.4 is 10.9 Å². The third-order valence-electron chi connectivity index (χ3n) is 3.70. The van der Waals surface area contributed by atoms with Crippen molar-refractivity contribution in [1.82, 2.24) is 20.8 Å². The maximum absolute atomic E-state index is 12.0. The Morgan fingerprint density at radius 3 is 2.89 bits per heavy atom. The lowest BCUT2D eigenvalue weighted by Gasteiger charge is -2.09. The second-order valence-corrected chi connectivity index (χ2v) is 8.41. The first-order valence-corrected chi connectivity index (χ1v) is 11.0. The van der Waals surface area contributed by atoms with Gasteiger partial charge in [0, 0.05) is 10.9 Å². The number of benzene rings is 1.